The van der Waals surface area contributed by atoms with Crippen LogP contribution in [-0.4, -0.2) is 37.7 Å². The van der Waals surface area contributed by atoms with Gasteiger partial charge in [-0.15, -0.1) is 0 Å². The van der Waals surface area contributed by atoms with Crippen LogP contribution in [0.15, 0.2) is 30.3 Å². The van der Waals surface area contributed by atoms with E-state index in [4.69, 9.17) is 15.9 Å². The average molecular weight is 221 g/mol. The van der Waals surface area contributed by atoms with Crippen LogP contribution in [0.4, 0.5) is 0 Å². The lowest BCUT2D eigenvalue weighted by Gasteiger charge is -2.16. The lowest BCUT2D eigenvalue weighted by molar-refractivity contribution is 0.127. The molecular formula is C12H19N3O. The maximum Gasteiger partial charge on any atom is 0.188 e. The average Bonchev–Trinajstić information content (AvgIpc) is 2.29. The number of ether oxygens (including phenoxy) is 1. The summed E-state index contributed by atoms with van der Waals surface area (Å²) < 4.78 is 5.46. The van der Waals surface area contributed by atoms with E-state index in [0.29, 0.717) is 19.8 Å². The minimum Gasteiger partial charge on any atom is -0.379 e. The highest BCUT2D eigenvalue weighted by Crippen LogP contribution is 1.99. The highest BCUT2D eigenvalue weighted by atomic mass is 16.5. The van der Waals surface area contributed by atoms with Gasteiger partial charge in [-0.3, -0.25) is 5.41 Å². The minimum absolute atomic E-state index is 0.0756. The number of nitrogens with zero attached hydrogens (tertiary/aromatic N) is 1. The molecule has 16 heavy (non-hydrogen) atoms. The number of rotatable bonds is 6. The molecule has 0 aliphatic carbocycles. The molecule has 1 rings (SSSR count). The molecule has 4 nitrogen and oxygen atoms in total. The molecule has 0 fully saturated rings. The first kappa shape index (κ1) is 12.5. The third-order valence-electron chi connectivity index (χ3n) is 2.36. The van der Waals surface area contributed by atoms with Gasteiger partial charge in [0.2, 0.25) is 0 Å². The zero-order chi connectivity index (χ0) is 11.8. The van der Waals surface area contributed by atoms with Crippen molar-refractivity contribution in [1.29, 1.82) is 5.41 Å². The highest BCUT2D eigenvalue weighted by Gasteiger charge is 1.98. The Kier molecular flexibility index (Phi) is 5.36. The summed E-state index contributed by atoms with van der Waals surface area (Å²) in [5.41, 5.74) is 6.58. The van der Waals surface area contributed by atoms with Crippen molar-refractivity contribution in [3.63, 3.8) is 0 Å². The summed E-state index contributed by atoms with van der Waals surface area (Å²) in [4.78, 5) is 1.66. The van der Waals surface area contributed by atoms with Gasteiger partial charge in [-0.1, -0.05) is 30.3 Å². The molecule has 1 aromatic carbocycles. The Balaban J connectivity index is 2.07. The molecule has 0 heterocycles. The first-order valence-electron chi connectivity index (χ1n) is 5.37. The van der Waals surface area contributed by atoms with Gasteiger partial charge in [-0.2, -0.15) is 0 Å². The maximum atomic E-state index is 7.16. The molecule has 0 amide bonds. The van der Waals surface area contributed by atoms with Gasteiger partial charge >= 0.3 is 0 Å². The van der Waals surface area contributed by atoms with Crippen molar-refractivity contribution in [2.24, 2.45) is 5.73 Å². The Morgan fingerprint density at radius 3 is 2.62 bits per heavy atom. The molecule has 0 atom stereocenters. The summed E-state index contributed by atoms with van der Waals surface area (Å²) in [6.07, 6.45) is 0.921. The van der Waals surface area contributed by atoms with Crippen molar-refractivity contribution in [1.82, 2.24) is 4.90 Å². The third-order valence-corrected chi connectivity index (χ3v) is 2.36. The van der Waals surface area contributed by atoms with Crippen LogP contribution in [0.25, 0.3) is 0 Å². The molecule has 3 N–H and O–H groups in total. The van der Waals surface area contributed by atoms with Crippen LogP contribution >= 0.6 is 0 Å². The SMILES string of the molecule is CN(CCOCCc1ccccc1)C(=N)N. The fourth-order valence-corrected chi connectivity index (χ4v) is 1.26. The first-order chi connectivity index (χ1) is 7.70. The fraction of sp³-hybridized carbons (Fsp3) is 0.417. The van der Waals surface area contributed by atoms with E-state index in [2.05, 4.69) is 12.1 Å². The second kappa shape index (κ2) is 6.85. The molecule has 0 aliphatic heterocycles. The molecule has 0 radical (unpaired) electrons. The van der Waals surface area contributed by atoms with Crippen LogP contribution in [0, 0.1) is 5.41 Å². The second-order valence-corrected chi connectivity index (χ2v) is 3.65. The van der Waals surface area contributed by atoms with Crippen molar-refractivity contribution >= 4 is 5.96 Å². The number of hydrogen-bond acceptors (Lipinski definition) is 2. The lowest BCUT2D eigenvalue weighted by atomic mass is 10.2. The first-order valence-corrected chi connectivity index (χ1v) is 5.37. The van der Waals surface area contributed by atoms with Crippen molar-refractivity contribution in [3.05, 3.63) is 35.9 Å². The number of likely N-dealkylation sites (N-methyl/N-ethyl adjacent to an activating group) is 1. The number of nitrogens with one attached hydrogen (secondary N) is 1. The van der Waals surface area contributed by atoms with Gasteiger partial charge in [0.15, 0.2) is 5.96 Å². The monoisotopic (exact) mass is 221 g/mol. The Bertz CT molecular complexity index is 313. The molecule has 0 unspecified atom stereocenters. The molecule has 4 heteroatoms. The normalized spacial score (nSPS) is 10.1. The van der Waals surface area contributed by atoms with E-state index in [1.165, 1.54) is 5.56 Å². The Morgan fingerprint density at radius 1 is 1.31 bits per heavy atom. The standard InChI is InChI=1S/C12H19N3O/c1-15(12(13)14)8-10-16-9-7-11-5-3-2-4-6-11/h2-6H,7-10H2,1H3,(H3,13,14). The molecule has 0 bridgehead atoms. The molecule has 0 aliphatic rings. The number of hydrogen-bond donors (Lipinski definition) is 2. The zero-order valence-corrected chi connectivity index (χ0v) is 9.65. The Labute approximate surface area is 96.5 Å². The van der Waals surface area contributed by atoms with E-state index in [-0.39, 0.29) is 5.96 Å². The summed E-state index contributed by atoms with van der Waals surface area (Å²) in [5, 5.41) is 7.16. The van der Waals surface area contributed by atoms with E-state index in [9.17, 15) is 0 Å². The summed E-state index contributed by atoms with van der Waals surface area (Å²) in [6.45, 7) is 1.96. The van der Waals surface area contributed by atoms with Crippen LogP contribution < -0.4 is 5.73 Å². The number of benzene rings is 1. The van der Waals surface area contributed by atoms with Gasteiger partial charge in [-0.25, -0.2) is 0 Å². The largest absolute Gasteiger partial charge is 0.379 e. The predicted molar refractivity (Wildman–Crippen MR) is 65.5 cm³/mol. The molecule has 0 aromatic heterocycles. The van der Waals surface area contributed by atoms with Crippen molar-refractivity contribution in [3.8, 4) is 0 Å². The summed E-state index contributed by atoms with van der Waals surface area (Å²) in [5.74, 6) is 0.0756. The summed E-state index contributed by atoms with van der Waals surface area (Å²) in [6, 6.07) is 10.2. The summed E-state index contributed by atoms with van der Waals surface area (Å²) in [7, 11) is 1.78. The molecule has 0 saturated carbocycles. The van der Waals surface area contributed by atoms with E-state index < -0.39 is 0 Å². The smallest absolute Gasteiger partial charge is 0.188 e. The topological polar surface area (TPSA) is 62.3 Å². The van der Waals surface area contributed by atoms with E-state index in [1.54, 1.807) is 11.9 Å². The Hall–Kier alpha value is -1.55. The van der Waals surface area contributed by atoms with Crippen LogP contribution in [0.5, 0.6) is 0 Å². The second-order valence-electron chi connectivity index (χ2n) is 3.65. The molecule has 0 saturated heterocycles. The van der Waals surface area contributed by atoms with Gasteiger partial charge in [0, 0.05) is 13.6 Å². The molecule has 88 valence electrons. The lowest BCUT2D eigenvalue weighted by Crippen LogP contribution is -2.35. The van der Waals surface area contributed by atoms with E-state index in [1.807, 2.05) is 18.2 Å². The van der Waals surface area contributed by atoms with Crippen LogP contribution in [0.2, 0.25) is 0 Å². The molecular weight excluding hydrogens is 202 g/mol. The van der Waals surface area contributed by atoms with Crippen molar-refractivity contribution in [2.75, 3.05) is 26.8 Å². The van der Waals surface area contributed by atoms with Gasteiger partial charge in [0.1, 0.15) is 0 Å². The van der Waals surface area contributed by atoms with Gasteiger partial charge in [0.25, 0.3) is 0 Å². The molecule has 1 aromatic rings. The third kappa shape index (κ3) is 4.79. The van der Waals surface area contributed by atoms with Gasteiger partial charge in [0.05, 0.1) is 13.2 Å². The van der Waals surface area contributed by atoms with Crippen molar-refractivity contribution in [2.45, 2.75) is 6.42 Å². The number of nitrogens with two attached hydrogens (primary N) is 1. The maximum absolute atomic E-state index is 7.16. The molecule has 0 spiro atoms. The highest BCUT2D eigenvalue weighted by molar-refractivity contribution is 5.74. The number of guanidine groups is 1. The minimum atomic E-state index is 0.0756. The van der Waals surface area contributed by atoms with Gasteiger partial charge in [-0.05, 0) is 12.0 Å². The fourth-order valence-electron chi connectivity index (χ4n) is 1.26. The van der Waals surface area contributed by atoms with E-state index in [0.717, 1.165) is 6.42 Å². The van der Waals surface area contributed by atoms with E-state index >= 15 is 0 Å². The zero-order valence-electron chi connectivity index (χ0n) is 9.65. The predicted octanol–water partition coefficient (Wildman–Crippen LogP) is 1.07. The van der Waals surface area contributed by atoms with Crippen LogP contribution in [-0.2, 0) is 11.2 Å². The van der Waals surface area contributed by atoms with Crippen LogP contribution in [0.1, 0.15) is 5.56 Å². The van der Waals surface area contributed by atoms with Crippen molar-refractivity contribution < 1.29 is 4.74 Å². The van der Waals surface area contributed by atoms with Gasteiger partial charge < -0.3 is 15.4 Å². The summed E-state index contributed by atoms with van der Waals surface area (Å²) >= 11 is 0. The van der Waals surface area contributed by atoms with Crippen LogP contribution in [0.3, 0.4) is 0 Å². The Morgan fingerprint density at radius 2 is 2.00 bits per heavy atom. The quantitative estimate of drug-likeness (QED) is 0.429.